The second-order valence-corrected chi connectivity index (χ2v) is 6.11. The highest BCUT2D eigenvalue weighted by atomic mass is 19.1. The fraction of sp³-hybridized carbons (Fsp3) is 0.211. The van der Waals surface area contributed by atoms with Crippen LogP contribution in [-0.2, 0) is 11.3 Å². The Balaban J connectivity index is 1.62. The molecule has 3 rings (SSSR count). The first kappa shape index (κ1) is 17.4. The van der Waals surface area contributed by atoms with Gasteiger partial charge in [-0.3, -0.25) is 4.79 Å². The van der Waals surface area contributed by atoms with Crippen LogP contribution in [0.3, 0.4) is 0 Å². The van der Waals surface area contributed by atoms with Crippen molar-refractivity contribution in [3.05, 3.63) is 65.0 Å². The van der Waals surface area contributed by atoms with Crippen LogP contribution < -0.4 is 10.6 Å². The number of amides is 3. The van der Waals surface area contributed by atoms with Crippen LogP contribution in [0.5, 0.6) is 0 Å². The number of fused-ring (bicyclic) bond motifs is 1. The number of nitriles is 1. The molecule has 3 amide bonds. The number of nitrogens with zero attached hydrogens (tertiary/aromatic N) is 2. The quantitative estimate of drug-likeness (QED) is 0.887. The van der Waals surface area contributed by atoms with Crippen LogP contribution in [0.15, 0.2) is 42.5 Å². The number of carbonyl (C=O) groups excluding carboxylic acids is 2. The Kier molecular flexibility index (Phi) is 4.85. The first-order chi connectivity index (χ1) is 12.5. The zero-order valence-electron chi connectivity index (χ0n) is 14.1. The van der Waals surface area contributed by atoms with E-state index >= 15 is 0 Å². The molecule has 1 aliphatic rings. The third-order valence-electron chi connectivity index (χ3n) is 4.21. The SMILES string of the molecule is C[C@H](NC(=O)CN1Cc2cc(F)ccc2NC1=O)c1ccc(C#N)cc1. The molecule has 0 saturated heterocycles. The molecule has 0 spiro atoms. The van der Waals surface area contributed by atoms with E-state index in [-0.39, 0.29) is 25.0 Å². The maximum atomic E-state index is 13.4. The summed E-state index contributed by atoms with van der Waals surface area (Å²) < 4.78 is 13.4. The Labute approximate surface area is 150 Å². The highest BCUT2D eigenvalue weighted by molar-refractivity contribution is 5.94. The van der Waals surface area contributed by atoms with Crippen LogP contribution in [0.1, 0.15) is 29.7 Å². The lowest BCUT2D eigenvalue weighted by Crippen LogP contribution is -2.45. The Hall–Kier alpha value is -3.40. The summed E-state index contributed by atoms with van der Waals surface area (Å²) in [6.45, 7) is 1.85. The van der Waals surface area contributed by atoms with Crippen molar-refractivity contribution < 1.29 is 14.0 Å². The van der Waals surface area contributed by atoms with Crippen molar-refractivity contribution in [2.45, 2.75) is 19.5 Å². The van der Waals surface area contributed by atoms with Gasteiger partial charge in [0, 0.05) is 5.69 Å². The molecule has 0 fully saturated rings. The normalized spacial score (nSPS) is 14.0. The van der Waals surface area contributed by atoms with E-state index < -0.39 is 11.8 Å². The summed E-state index contributed by atoms with van der Waals surface area (Å²) in [4.78, 5) is 25.7. The summed E-state index contributed by atoms with van der Waals surface area (Å²) in [5, 5.41) is 14.3. The fourth-order valence-corrected chi connectivity index (χ4v) is 2.80. The molecule has 0 radical (unpaired) electrons. The highest BCUT2D eigenvalue weighted by Gasteiger charge is 2.25. The van der Waals surface area contributed by atoms with Crippen molar-refractivity contribution in [1.82, 2.24) is 10.2 Å². The van der Waals surface area contributed by atoms with Gasteiger partial charge < -0.3 is 15.5 Å². The smallest absolute Gasteiger partial charge is 0.322 e. The van der Waals surface area contributed by atoms with Crippen LogP contribution in [0.4, 0.5) is 14.9 Å². The van der Waals surface area contributed by atoms with E-state index in [4.69, 9.17) is 5.26 Å². The van der Waals surface area contributed by atoms with Crippen molar-refractivity contribution in [3.8, 4) is 6.07 Å². The third-order valence-corrected chi connectivity index (χ3v) is 4.21. The minimum atomic E-state index is -0.398. The Morgan fingerprint density at radius 3 is 2.77 bits per heavy atom. The molecule has 2 aromatic rings. The molecule has 1 heterocycles. The van der Waals surface area contributed by atoms with Gasteiger partial charge in [-0.05, 0) is 48.4 Å². The summed E-state index contributed by atoms with van der Waals surface area (Å²) in [5.41, 5.74) is 2.58. The topological polar surface area (TPSA) is 85.2 Å². The number of nitrogens with one attached hydrogen (secondary N) is 2. The van der Waals surface area contributed by atoms with Crippen LogP contribution in [-0.4, -0.2) is 23.4 Å². The monoisotopic (exact) mass is 352 g/mol. The van der Waals surface area contributed by atoms with Crippen molar-refractivity contribution in [2.24, 2.45) is 0 Å². The molecule has 0 unspecified atom stereocenters. The van der Waals surface area contributed by atoms with Gasteiger partial charge >= 0.3 is 6.03 Å². The molecule has 0 bridgehead atoms. The van der Waals surface area contributed by atoms with E-state index in [0.29, 0.717) is 16.8 Å². The average Bonchev–Trinajstić information content (AvgIpc) is 2.62. The third kappa shape index (κ3) is 3.81. The molecule has 0 aliphatic carbocycles. The molecule has 1 aliphatic heterocycles. The number of carbonyl (C=O) groups is 2. The molecule has 0 saturated carbocycles. The Bertz CT molecular complexity index is 889. The van der Waals surface area contributed by atoms with Crippen LogP contribution >= 0.6 is 0 Å². The summed E-state index contributed by atoms with van der Waals surface area (Å²) in [7, 11) is 0. The van der Waals surface area contributed by atoms with Crippen LogP contribution in [0.25, 0.3) is 0 Å². The van der Waals surface area contributed by atoms with E-state index in [1.807, 2.05) is 13.0 Å². The van der Waals surface area contributed by atoms with E-state index in [0.717, 1.165) is 5.56 Å². The predicted octanol–water partition coefficient (Wildman–Crippen LogP) is 2.92. The zero-order valence-corrected chi connectivity index (χ0v) is 14.1. The lowest BCUT2D eigenvalue weighted by Gasteiger charge is -2.29. The molecular weight excluding hydrogens is 335 g/mol. The van der Waals surface area contributed by atoms with E-state index in [1.165, 1.54) is 23.1 Å². The zero-order chi connectivity index (χ0) is 18.7. The molecular formula is C19H17FN4O2. The number of hydrogen-bond acceptors (Lipinski definition) is 3. The Morgan fingerprint density at radius 1 is 1.35 bits per heavy atom. The first-order valence-electron chi connectivity index (χ1n) is 8.10. The van der Waals surface area contributed by atoms with Gasteiger partial charge in [-0.25, -0.2) is 9.18 Å². The van der Waals surface area contributed by atoms with Gasteiger partial charge in [0.15, 0.2) is 0 Å². The average molecular weight is 352 g/mol. The van der Waals surface area contributed by atoms with E-state index in [1.54, 1.807) is 24.3 Å². The number of benzene rings is 2. The molecule has 0 aromatic heterocycles. The largest absolute Gasteiger partial charge is 0.348 e. The van der Waals surface area contributed by atoms with Crippen molar-refractivity contribution in [2.75, 3.05) is 11.9 Å². The number of urea groups is 1. The predicted molar refractivity (Wildman–Crippen MR) is 93.5 cm³/mol. The van der Waals surface area contributed by atoms with E-state index in [2.05, 4.69) is 10.6 Å². The van der Waals surface area contributed by atoms with Gasteiger partial charge in [0.2, 0.25) is 5.91 Å². The second-order valence-electron chi connectivity index (χ2n) is 6.11. The number of anilines is 1. The number of halogens is 1. The molecule has 1 atom stereocenters. The minimum absolute atomic E-state index is 0.137. The standard InChI is InChI=1S/C19H17FN4O2/c1-12(14-4-2-13(9-21)3-5-14)22-18(25)11-24-10-15-8-16(20)6-7-17(15)23-19(24)26/h2-8,12H,10-11H2,1H3,(H,22,25)(H,23,26)/t12-/m0/s1. The highest BCUT2D eigenvalue weighted by Crippen LogP contribution is 2.24. The lowest BCUT2D eigenvalue weighted by atomic mass is 10.1. The molecule has 2 N–H and O–H groups in total. The molecule has 2 aromatic carbocycles. The Morgan fingerprint density at radius 2 is 2.08 bits per heavy atom. The summed E-state index contributed by atoms with van der Waals surface area (Å²) in [6.07, 6.45) is 0. The van der Waals surface area contributed by atoms with Crippen molar-refractivity contribution >= 4 is 17.6 Å². The van der Waals surface area contributed by atoms with Gasteiger partial charge in [-0.2, -0.15) is 5.26 Å². The first-order valence-corrected chi connectivity index (χ1v) is 8.10. The van der Waals surface area contributed by atoms with Crippen LogP contribution in [0.2, 0.25) is 0 Å². The van der Waals surface area contributed by atoms with Gasteiger partial charge in [-0.15, -0.1) is 0 Å². The summed E-state index contributed by atoms with van der Waals surface area (Å²) >= 11 is 0. The maximum absolute atomic E-state index is 13.4. The van der Waals surface area contributed by atoms with Crippen molar-refractivity contribution in [3.63, 3.8) is 0 Å². The molecule has 26 heavy (non-hydrogen) atoms. The molecule has 132 valence electrons. The fourth-order valence-electron chi connectivity index (χ4n) is 2.80. The van der Waals surface area contributed by atoms with Gasteiger partial charge in [0.05, 0.1) is 24.2 Å². The molecule has 7 heteroatoms. The molecule has 6 nitrogen and oxygen atoms in total. The number of rotatable bonds is 4. The lowest BCUT2D eigenvalue weighted by molar-refractivity contribution is -0.122. The maximum Gasteiger partial charge on any atom is 0.322 e. The number of hydrogen-bond donors (Lipinski definition) is 2. The van der Waals surface area contributed by atoms with Crippen LogP contribution in [0, 0.1) is 17.1 Å². The summed E-state index contributed by atoms with van der Waals surface area (Å²) in [6, 6.07) is 12.4. The van der Waals surface area contributed by atoms with Gasteiger partial charge in [-0.1, -0.05) is 12.1 Å². The van der Waals surface area contributed by atoms with Gasteiger partial charge in [0.1, 0.15) is 12.4 Å². The summed E-state index contributed by atoms with van der Waals surface area (Å²) in [5.74, 6) is -0.712. The minimum Gasteiger partial charge on any atom is -0.348 e. The van der Waals surface area contributed by atoms with E-state index in [9.17, 15) is 14.0 Å². The van der Waals surface area contributed by atoms with Gasteiger partial charge in [0.25, 0.3) is 0 Å². The van der Waals surface area contributed by atoms with Crippen molar-refractivity contribution in [1.29, 1.82) is 5.26 Å². The second kappa shape index (κ2) is 7.23.